The van der Waals surface area contributed by atoms with Gasteiger partial charge in [0.05, 0.1) is 12.6 Å². The van der Waals surface area contributed by atoms with E-state index in [0.29, 0.717) is 37.1 Å². The molecule has 0 heterocycles. The number of aliphatic imine (C=N–C) groups is 1. The first-order valence-electron chi connectivity index (χ1n) is 8.25. The van der Waals surface area contributed by atoms with Crippen LogP contribution in [0.15, 0.2) is 29.3 Å². The second-order valence-corrected chi connectivity index (χ2v) is 5.71. The van der Waals surface area contributed by atoms with Crippen LogP contribution in [0.25, 0.3) is 0 Å². The zero-order chi connectivity index (χ0) is 17.4. The molecule has 1 aliphatic carbocycles. The Kier molecular flexibility index (Phi) is 9.54. The number of carbonyl (C=O) groups excluding carboxylic acids is 1. The highest BCUT2D eigenvalue weighted by Gasteiger charge is 2.32. The van der Waals surface area contributed by atoms with Gasteiger partial charge in [0.1, 0.15) is 5.82 Å². The third kappa shape index (κ3) is 7.45. The largest absolute Gasteiger partial charge is 0.450 e. The number of nitrogens with zero attached hydrogens (tertiary/aromatic N) is 1. The first-order chi connectivity index (χ1) is 11.6. The van der Waals surface area contributed by atoms with E-state index in [1.54, 1.807) is 32.2 Å². The Hall–Kier alpha value is -1.58. The van der Waals surface area contributed by atoms with Crippen LogP contribution in [0, 0.1) is 11.7 Å². The lowest BCUT2D eigenvalue weighted by Crippen LogP contribution is -2.48. The van der Waals surface area contributed by atoms with Crippen molar-refractivity contribution in [2.75, 3.05) is 20.2 Å². The molecule has 2 rings (SSSR count). The van der Waals surface area contributed by atoms with Gasteiger partial charge >= 0.3 is 6.09 Å². The number of guanidine groups is 1. The summed E-state index contributed by atoms with van der Waals surface area (Å²) >= 11 is 0. The molecule has 0 radical (unpaired) electrons. The van der Waals surface area contributed by atoms with E-state index in [9.17, 15) is 9.18 Å². The fraction of sp³-hybridized carbons (Fsp3) is 0.529. The van der Waals surface area contributed by atoms with Gasteiger partial charge in [-0.05, 0) is 31.7 Å². The second kappa shape index (κ2) is 11.1. The second-order valence-electron chi connectivity index (χ2n) is 5.71. The monoisotopic (exact) mass is 464 g/mol. The molecule has 3 N–H and O–H groups in total. The predicted molar refractivity (Wildman–Crippen MR) is 107 cm³/mol. The Morgan fingerprint density at radius 1 is 1.36 bits per heavy atom. The predicted octanol–water partition coefficient (Wildman–Crippen LogP) is 2.63. The van der Waals surface area contributed by atoms with Gasteiger partial charge in [0.25, 0.3) is 0 Å². The lowest BCUT2D eigenvalue weighted by atomic mass is 10.2. The average molecular weight is 464 g/mol. The molecule has 1 unspecified atom stereocenters. The quantitative estimate of drug-likeness (QED) is 0.330. The Labute approximate surface area is 165 Å². The number of amides is 1. The summed E-state index contributed by atoms with van der Waals surface area (Å²) in [4.78, 5) is 15.7. The minimum Gasteiger partial charge on any atom is -0.450 e. The minimum atomic E-state index is -0.398. The summed E-state index contributed by atoms with van der Waals surface area (Å²) in [5, 5.41) is 9.12. The molecule has 25 heavy (non-hydrogen) atoms. The van der Waals surface area contributed by atoms with Crippen LogP contribution in [0.5, 0.6) is 0 Å². The number of benzene rings is 1. The summed E-state index contributed by atoms with van der Waals surface area (Å²) in [5.74, 6) is 0.779. The van der Waals surface area contributed by atoms with Gasteiger partial charge in [-0.2, -0.15) is 0 Å². The third-order valence-corrected chi connectivity index (χ3v) is 3.89. The van der Waals surface area contributed by atoms with E-state index in [1.165, 1.54) is 6.07 Å². The van der Waals surface area contributed by atoms with E-state index in [-0.39, 0.29) is 35.8 Å². The summed E-state index contributed by atoms with van der Waals surface area (Å²) in [6, 6.07) is 6.61. The minimum absolute atomic E-state index is 0. The van der Waals surface area contributed by atoms with Crippen molar-refractivity contribution in [3.63, 3.8) is 0 Å². The third-order valence-electron chi connectivity index (χ3n) is 3.89. The summed E-state index contributed by atoms with van der Waals surface area (Å²) in [6.45, 7) is 3.01. The molecule has 6 nitrogen and oxygen atoms in total. The lowest BCUT2D eigenvalue weighted by molar-refractivity contribution is 0.146. The van der Waals surface area contributed by atoms with E-state index < -0.39 is 6.09 Å². The standard InChI is InChI=1S/C17H25FN4O2.HI/c1-3-24-17(23)22-15(12-8-9-12)11-21-16(19-2)20-10-13-6-4-5-7-14(13)18;/h4-7,12,15H,3,8-11H2,1-2H3,(H,22,23)(H2,19,20,21);1H. The van der Waals surface area contributed by atoms with Crippen LogP contribution in [-0.2, 0) is 11.3 Å². The van der Waals surface area contributed by atoms with Gasteiger partial charge in [-0.1, -0.05) is 18.2 Å². The molecule has 1 atom stereocenters. The highest BCUT2D eigenvalue weighted by molar-refractivity contribution is 14.0. The normalized spacial score (nSPS) is 14.9. The van der Waals surface area contributed by atoms with E-state index in [4.69, 9.17) is 4.74 Å². The van der Waals surface area contributed by atoms with Crippen molar-refractivity contribution in [2.24, 2.45) is 10.9 Å². The Bertz CT molecular complexity index is 582. The van der Waals surface area contributed by atoms with Crippen molar-refractivity contribution >= 4 is 36.0 Å². The van der Waals surface area contributed by atoms with Gasteiger partial charge in [0.2, 0.25) is 0 Å². The molecule has 1 amide bonds. The first-order valence-corrected chi connectivity index (χ1v) is 8.25. The fourth-order valence-electron chi connectivity index (χ4n) is 2.41. The van der Waals surface area contributed by atoms with Crippen LogP contribution in [0.3, 0.4) is 0 Å². The number of hydrogen-bond acceptors (Lipinski definition) is 3. The van der Waals surface area contributed by atoms with Crippen molar-refractivity contribution < 1.29 is 13.9 Å². The Balaban J connectivity index is 0.00000312. The molecule has 8 heteroatoms. The Morgan fingerprint density at radius 3 is 2.68 bits per heavy atom. The highest BCUT2D eigenvalue weighted by Crippen LogP contribution is 2.32. The molecule has 1 aliphatic rings. The summed E-state index contributed by atoms with van der Waals surface area (Å²) < 4.78 is 18.6. The molecular weight excluding hydrogens is 438 g/mol. The fourth-order valence-corrected chi connectivity index (χ4v) is 2.41. The van der Waals surface area contributed by atoms with E-state index in [1.807, 2.05) is 0 Å². The molecule has 1 saturated carbocycles. The van der Waals surface area contributed by atoms with Crippen LogP contribution in [0.1, 0.15) is 25.3 Å². The number of ether oxygens (including phenoxy) is 1. The molecule has 0 bridgehead atoms. The van der Waals surface area contributed by atoms with Gasteiger partial charge in [0.15, 0.2) is 5.96 Å². The van der Waals surface area contributed by atoms with Crippen molar-refractivity contribution in [3.8, 4) is 0 Å². The van der Waals surface area contributed by atoms with Gasteiger partial charge in [-0.25, -0.2) is 9.18 Å². The molecular formula is C17H26FIN4O2. The highest BCUT2D eigenvalue weighted by atomic mass is 127. The topological polar surface area (TPSA) is 74.8 Å². The summed E-state index contributed by atoms with van der Waals surface area (Å²) in [5.41, 5.74) is 0.573. The van der Waals surface area contributed by atoms with Crippen molar-refractivity contribution in [1.82, 2.24) is 16.0 Å². The van der Waals surface area contributed by atoms with Gasteiger partial charge in [-0.15, -0.1) is 24.0 Å². The number of halogens is 2. The van der Waals surface area contributed by atoms with Crippen LogP contribution in [0.2, 0.25) is 0 Å². The number of nitrogens with one attached hydrogen (secondary N) is 3. The maximum absolute atomic E-state index is 13.6. The summed E-state index contributed by atoms with van der Waals surface area (Å²) in [6.07, 6.45) is 1.80. The van der Waals surface area contributed by atoms with E-state index in [0.717, 1.165) is 12.8 Å². The zero-order valence-electron chi connectivity index (χ0n) is 14.5. The van der Waals surface area contributed by atoms with Crippen molar-refractivity contribution in [3.05, 3.63) is 35.6 Å². The number of alkyl carbamates (subject to hydrolysis) is 1. The van der Waals surface area contributed by atoms with Crippen molar-refractivity contribution in [1.29, 1.82) is 0 Å². The SMILES string of the molecule is CCOC(=O)NC(CNC(=NC)NCc1ccccc1F)C1CC1.I. The number of carbonyl (C=O) groups is 1. The first kappa shape index (κ1) is 21.5. The molecule has 1 fully saturated rings. The van der Waals surface area contributed by atoms with Crippen LogP contribution in [-0.4, -0.2) is 38.3 Å². The smallest absolute Gasteiger partial charge is 0.407 e. The average Bonchev–Trinajstić information content (AvgIpc) is 3.40. The molecule has 1 aromatic carbocycles. The van der Waals surface area contributed by atoms with Gasteiger partial charge < -0.3 is 20.7 Å². The molecule has 0 aliphatic heterocycles. The van der Waals surface area contributed by atoms with Gasteiger partial charge in [0, 0.05) is 25.7 Å². The molecule has 0 aromatic heterocycles. The van der Waals surface area contributed by atoms with Crippen molar-refractivity contribution in [2.45, 2.75) is 32.4 Å². The van der Waals surface area contributed by atoms with Gasteiger partial charge in [-0.3, -0.25) is 4.99 Å². The van der Waals surface area contributed by atoms with Crippen LogP contribution in [0.4, 0.5) is 9.18 Å². The molecule has 140 valence electrons. The number of rotatable bonds is 7. The maximum Gasteiger partial charge on any atom is 0.407 e. The van der Waals surface area contributed by atoms with Crippen LogP contribution < -0.4 is 16.0 Å². The molecule has 0 spiro atoms. The molecule has 1 aromatic rings. The Morgan fingerprint density at radius 2 is 2.08 bits per heavy atom. The molecule has 0 saturated heterocycles. The zero-order valence-corrected chi connectivity index (χ0v) is 16.9. The van der Waals surface area contributed by atoms with E-state index in [2.05, 4.69) is 20.9 Å². The lowest BCUT2D eigenvalue weighted by Gasteiger charge is -2.20. The summed E-state index contributed by atoms with van der Waals surface area (Å²) in [7, 11) is 1.65. The number of hydrogen-bond donors (Lipinski definition) is 3. The van der Waals surface area contributed by atoms with Crippen LogP contribution >= 0.6 is 24.0 Å². The maximum atomic E-state index is 13.6. The van der Waals surface area contributed by atoms with E-state index >= 15 is 0 Å².